The van der Waals surface area contributed by atoms with Gasteiger partial charge < -0.3 is 4.42 Å². The van der Waals surface area contributed by atoms with Crippen molar-refractivity contribution in [2.75, 3.05) is 0 Å². The van der Waals surface area contributed by atoms with Gasteiger partial charge in [0.25, 0.3) is 0 Å². The molecule has 43 heavy (non-hydrogen) atoms. The van der Waals surface area contributed by atoms with Crippen LogP contribution < -0.4 is 0 Å². The molecule has 0 N–H and O–H groups in total. The van der Waals surface area contributed by atoms with Crippen molar-refractivity contribution in [3.05, 3.63) is 157 Å². The molecule has 0 spiro atoms. The molecule has 9 rings (SSSR count). The Morgan fingerprint density at radius 3 is 1.81 bits per heavy atom. The van der Waals surface area contributed by atoms with Gasteiger partial charge in [-0.05, 0) is 89.9 Å². The van der Waals surface area contributed by atoms with Gasteiger partial charge in [-0.3, -0.25) is 0 Å². The summed E-state index contributed by atoms with van der Waals surface area (Å²) in [6.45, 7) is 0. The highest BCUT2D eigenvalue weighted by Crippen LogP contribution is 2.46. The van der Waals surface area contributed by atoms with Crippen LogP contribution in [-0.2, 0) is 0 Å². The molecule has 0 aliphatic carbocycles. The summed E-state index contributed by atoms with van der Waals surface area (Å²) in [4.78, 5) is 0. The van der Waals surface area contributed by atoms with Crippen LogP contribution in [0.5, 0.6) is 0 Å². The van der Waals surface area contributed by atoms with Crippen LogP contribution in [0, 0.1) is 0 Å². The van der Waals surface area contributed by atoms with Gasteiger partial charge in [-0.25, -0.2) is 0 Å². The second-order valence-electron chi connectivity index (χ2n) is 9.85. The number of fused-ring (bicyclic) bond motifs is 6. The minimum atomic E-state index is -0.716. The van der Waals surface area contributed by atoms with E-state index in [0.29, 0.717) is 21.5 Å². The molecule has 1 nitrogen and oxygen atoms in total. The van der Waals surface area contributed by atoms with Crippen molar-refractivity contribution in [2.24, 2.45) is 0 Å². The molecule has 0 aliphatic heterocycles. The van der Waals surface area contributed by atoms with E-state index in [9.17, 15) is 5.48 Å². The Morgan fingerprint density at radius 1 is 0.395 bits per heavy atom. The summed E-state index contributed by atoms with van der Waals surface area (Å²) in [5.41, 5.74) is -1.32. The van der Waals surface area contributed by atoms with Crippen molar-refractivity contribution in [2.45, 2.75) is 0 Å². The van der Waals surface area contributed by atoms with Gasteiger partial charge in [-0.2, -0.15) is 0 Å². The van der Waals surface area contributed by atoms with Gasteiger partial charge in [-0.1, -0.05) is 133 Å². The number of benzene rings is 8. The first-order valence-corrected chi connectivity index (χ1v) is 13.3. The maximum atomic E-state index is 9.71. The van der Waals surface area contributed by atoms with E-state index >= 15 is 0 Å². The van der Waals surface area contributed by atoms with E-state index in [1.807, 2.05) is 0 Å². The fourth-order valence-corrected chi connectivity index (χ4v) is 5.68. The topological polar surface area (TPSA) is 13.1 Å². The van der Waals surface area contributed by atoms with E-state index in [1.165, 1.54) is 0 Å². The van der Waals surface area contributed by atoms with Gasteiger partial charge in [0, 0.05) is 10.8 Å². The zero-order chi connectivity index (χ0) is 44.0. The fourth-order valence-electron chi connectivity index (χ4n) is 5.68. The number of rotatable bonds is 3. The lowest BCUT2D eigenvalue weighted by molar-refractivity contribution is 0.669. The summed E-state index contributed by atoms with van der Waals surface area (Å²) < 4.78 is 164. The molecule has 200 valence electrons. The molecule has 0 aliphatic rings. The summed E-state index contributed by atoms with van der Waals surface area (Å²) in [6, 6.07) is 2.74. The van der Waals surface area contributed by atoms with Gasteiger partial charge >= 0.3 is 0 Å². The van der Waals surface area contributed by atoms with Crippen LogP contribution in [0.2, 0.25) is 0 Å². The highest BCUT2D eigenvalue weighted by atomic mass is 16.3. The first-order chi connectivity index (χ1) is 28.8. The molecule has 0 radical (unpaired) electrons. The monoisotopic (exact) mass is 564 g/mol. The van der Waals surface area contributed by atoms with E-state index in [0.717, 1.165) is 0 Å². The maximum absolute atomic E-state index is 9.71. The average molecular weight is 565 g/mol. The van der Waals surface area contributed by atoms with Crippen LogP contribution in [0.15, 0.2) is 162 Å². The summed E-state index contributed by atoms with van der Waals surface area (Å²) in [5.74, 6) is 0. The molecular formula is C42H26O. The molecule has 1 heterocycles. The average Bonchev–Trinajstić information content (AvgIpc) is 3.67. The quantitative estimate of drug-likeness (QED) is 0.195. The van der Waals surface area contributed by atoms with E-state index in [-0.39, 0.29) is 49.4 Å². The zero-order valence-electron chi connectivity index (χ0n) is 40.0. The van der Waals surface area contributed by atoms with Crippen molar-refractivity contribution in [1.29, 1.82) is 0 Å². The zero-order valence-corrected chi connectivity index (χ0v) is 22.0. The van der Waals surface area contributed by atoms with Gasteiger partial charge in [-0.15, -0.1) is 0 Å². The third kappa shape index (κ3) is 3.72. The molecule has 0 fully saturated rings. The predicted molar refractivity (Wildman–Crippen MR) is 183 cm³/mol. The molecule has 1 heteroatoms. The lowest BCUT2D eigenvalue weighted by Gasteiger charge is -2.18. The Hall–Kier alpha value is -5.66. The molecule has 0 saturated carbocycles. The van der Waals surface area contributed by atoms with Crippen molar-refractivity contribution >= 4 is 54.3 Å². The van der Waals surface area contributed by atoms with Gasteiger partial charge in [0.1, 0.15) is 11.2 Å². The molecule has 9 aromatic rings. The van der Waals surface area contributed by atoms with Crippen molar-refractivity contribution < 1.29 is 29.1 Å². The van der Waals surface area contributed by atoms with Gasteiger partial charge in [0.2, 0.25) is 0 Å². The number of hydrogen-bond acceptors (Lipinski definition) is 1. The Balaban J connectivity index is 1.44. The lowest BCUT2D eigenvalue weighted by Crippen LogP contribution is -1.91. The summed E-state index contributed by atoms with van der Waals surface area (Å²) >= 11 is 0. The lowest BCUT2D eigenvalue weighted by atomic mass is 9.84. The largest absolute Gasteiger partial charge is 0.456 e. The minimum Gasteiger partial charge on any atom is -0.456 e. The van der Waals surface area contributed by atoms with Crippen molar-refractivity contribution in [3.63, 3.8) is 0 Å². The second-order valence-corrected chi connectivity index (χ2v) is 9.85. The Bertz CT molecular complexity index is 3420. The molecule has 0 saturated heterocycles. The first kappa shape index (κ1) is 12.3. The predicted octanol–water partition coefficient (Wildman–Crippen LogP) is 12.0. The Labute approximate surface area is 274 Å². The van der Waals surface area contributed by atoms with E-state index < -0.39 is 125 Å². The molecule has 0 amide bonds. The molecule has 0 bridgehead atoms. The molecule has 0 atom stereocenters. The van der Waals surface area contributed by atoms with Gasteiger partial charge in [0.15, 0.2) is 0 Å². The van der Waals surface area contributed by atoms with E-state index in [1.54, 1.807) is 48.5 Å². The molecule has 0 unspecified atom stereocenters. The van der Waals surface area contributed by atoms with Crippen LogP contribution in [0.1, 0.15) is 24.7 Å². The van der Waals surface area contributed by atoms with Gasteiger partial charge in [0.05, 0.1) is 24.7 Å². The third-order valence-corrected chi connectivity index (χ3v) is 7.50. The fraction of sp³-hybridized carbons (Fsp3) is 0. The Kier molecular flexibility index (Phi) is 2.70. The molecule has 1 aromatic heterocycles. The minimum absolute atomic E-state index is 0.0312. The second kappa shape index (κ2) is 9.44. The SMILES string of the molecule is [2H]c1c([2H])c([2H])c(-c2c([2H])c([2H])c3c(oc4c([2H])c([2H])c(-c5c6ccccc6c(-c6c([2H])c([2H])c([2H])c7c([2H])c([2H])c([2H])c([2H])c67)c6ccccc56)c([2H])c43)c2[2H])c([2H])c1[2H]. The number of hydrogen-bond donors (Lipinski definition) is 0. The summed E-state index contributed by atoms with van der Waals surface area (Å²) in [7, 11) is 0. The van der Waals surface area contributed by atoms with Crippen molar-refractivity contribution in [1.82, 2.24) is 0 Å². The highest BCUT2D eigenvalue weighted by molar-refractivity contribution is 6.24. The van der Waals surface area contributed by atoms with Crippen molar-refractivity contribution in [3.8, 4) is 33.4 Å². The number of furan rings is 1. The third-order valence-electron chi connectivity index (χ3n) is 7.50. The normalized spacial score (nSPS) is 17.6. The highest BCUT2D eigenvalue weighted by Gasteiger charge is 2.19. The van der Waals surface area contributed by atoms with Crippen LogP contribution in [-0.4, -0.2) is 0 Å². The standard InChI is InChI=1S/C42H26O/c1-2-11-27(12-3-1)29-21-23-32-38-25-30(22-24-39(38)43-40(32)26-29)41-34-16-6-8-18-36(34)42(37-19-9-7-17-35(37)41)33-20-10-14-28-13-4-5-15-31(28)33/h1-26H/i1D,2D,3D,4D,5D,10D,11D,12D,13D,14D,15D,20D,21D,22D,23D,24D,25D,26D. The van der Waals surface area contributed by atoms with Crippen LogP contribution in [0.4, 0.5) is 0 Å². The van der Waals surface area contributed by atoms with Crippen LogP contribution in [0.25, 0.3) is 87.6 Å². The summed E-state index contributed by atoms with van der Waals surface area (Å²) in [5, 5.41) is 0.722. The Morgan fingerprint density at radius 2 is 1.05 bits per heavy atom. The summed E-state index contributed by atoms with van der Waals surface area (Å²) in [6.07, 6.45) is 0. The molecular weight excluding hydrogens is 520 g/mol. The maximum Gasteiger partial charge on any atom is 0.136 e. The van der Waals surface area contributed by atoms with E-state index in [4.69, 9.17) is 23.6 Å². The van der Waals surface area contributed by atoms with Crippen LogP contribution >= 0.6 is 0 Å². The molecule has 8 aromatic carbocycles. The first-order valence-electron chi connectivity index (χ1n) is 22.3. The van der Waals surface area contributed by atoms with Crippen LogP contribution in [0.3, 0.4) is 0 Å². The van der Waals surface area contributed by atoms with E-state index in [2.05, 4.69) is 0 Å². The smallest absolute Gasteiger partial charge is 0.136 e.